The lowest BCUT2D eigenvalue weighted by Gasteiger charge is -2.40. The first-order valence-corrected chi connectivity index (χ1v) is 11.2. The normalized spacial score (nSPS) is 18.2. The molecule has 2 aliphatic heterocycles. The Morgan fingerprint density at radius 2 is 1.77 bits per heavy atom. The Labute approximate surface area is 184 Å². The van der Waals surface area contributed by atoms with Gasteiger partial charge in [-0.1, -0.05) is 26.0 Å². The van der Waals surface area contributed by atoms with E-state index in [0.29, 0.717) is 5.92 Å². The van der Waals surface area contributed by atoms with E-state index >= 15 is 0 Å². The average Bonchev–Trinajstić information content (AvgIpc) is 3.36. The number of aromatic nitrogens is 2. The zero-order chi connectivity index (χ0) is 22.3. The number of amides is 2. The van der Waals surface area contributed by atoms with Gasteiger partial charge in [0.05, 0.1) is 23.1 Å². The van der Waals surface area contributed by atoms with Crippen LogP contribution in [0.25, 0.3) is 5.69 Å². The van der Waals surface area contributed by atoms with Crippen LogP contribution in [0.5, 0.6) is 0 Å². The molecule has 31 heavy (non-hydrogen) atoms. The van der Waals surface area contributed by atoms with Gasteiger partial charge in [0, 0.05) is 13.1 Å². The van der Waals surface area contributed by atoms with Crippen LogP contribution in [0.3, 0.4) is 0 Å². The van der Waals surface area contributed by atoms with Gasteiger partial charge in [0.25, 0.3) is 0 Å². The topological polar surface area (TPSA) is 67.7 Å². The molecule has 0 saturated carbocycles. The first-order valence-electron chi connectivity index (χ1n) is 11.2. The van der Waals surface area contributed by atoms with Gasteiger partial charge < -0.3 is 9.64 Å². The number of rotatable bonds is 3. The number of likely N-dealkylation sites (tertiary alicyclic amines) is 1. The summed E-state index contributed by atoms with van der Waals surface area (Å²) < 4.78 is 7.61. The van der Waals surface area contributed by atoms with E-state index in [-0.39, 0.29) is 17.8 Å². The second kappa shape index (κ2) is 8.02. The van der Waals surface area contributed by atoms with Crippen molar-refractivity contribution in [1.29, 1.82) is 0 Å². The minimum Gasteiger partial charge on any atom is -0.455 e. The SMILES string of the molecule is CC(C)CC1c2c(C(=O)OC(C)(C)C)ncn2-c2ccccc2N1C(=O)N1CCCC1. The summed E-state index contributed by atoms with van der Waals surface area (Å²) in [5, 5.41) is 0. The second-order valence-electron chi connectivity index (χ2n) is 9.83. The van der Waals surface area contributed by atoms with E-state index in [1.165, 1.54) is 0 Å². The van der Waals surface area contributed by atoms with Crippen molar-refractivity contribution in [3.8, 4) is 5.69 Å². The molecule has 166 valence electrons. The molecule has 1 aromatic heterocycles. The fourth-order valence-corrected chi connectivity index (χ4v) is 4.47. The number of esters is 1. The Kier molecular flexibility index (Phi) is 5.54. The predicted octanol–water partition coefficient (Wildman–Crippen LogP) is 4.95. The smallest absolute Gasteiger partial charge is 0.359 e. The number of ether oxygens (including phenoxy) is 1. The third-order valence-electron chi connectivity index (χ3n) is 5.70. The van der Waals surface area contributed by atoms with E-state index in [1.54, 1.807) is 6.33 Å². The molecular weight excluding hydrogens is 392 g/mol. The summed E-state index contributed by atoms with van der Waals surface area (Å²) in [7, 11) is 0. The molecule has 0 spiro atoms. The van der Waals surface area contributed by atoms with Gasteiger partial charge in [-0.2, -0.15) is 0 Å². The third kappa shape index (κ3) is 4.05. The van der Waals surface area contributed by atoms with Crippen LogP contribution in [0.1, 0.15) is 76.1 Å². The van der Waals surface area contributed by atoms with Gasteiger partial charge in [0.1, 0.15) is 11.9 Å². The van der Waals surface area contributed by atoms with Gasteiger partial charge in [-0.15, -0.1) is 0 Å². The van der Waals surface area contributed by atoms with Gasteiger partial charge in [0.2, 0.25) is 0 Å². The molecule has 1 aromatic carbocycles. The molecule has 2 aliphatic rings. The summed E-state index contributed by atoms with van der Waals surface area (Å²) in [6.07, 6.45) is 4.45. The number of anilines is 1. The average molecular weight is 425 g/mol. The van der Waals surface area contributed by atoms with Crippen molar-refractivity contribution in [2.75, 3.05) is 18.0 Å². The quantitative estimate of drug-likeness (QED) is 0.654. The highest BCUT2D eigenvalue weighted by Gasteiger charge is 2.41. The van der Waals surface area contributed by atoms with Crippen LogP contribution in [0.2, 0.25) is 0 Å². The molecule has 4 rings (SSSR count). The van der Waals surface area contributed by atoms with Crippen LogP contribution in [-0.2, 0) is 4.74 Å². The van der Waals surface area contributed by atoms with Crippen molar-refractivity contribution in [1.82, 2.24) is 14.5 Å². The molecule has 7 heteroatoms. The van der Waals surface area contributed by atoms with Crippen molar-refractivity contribution in [2.24, 2.45) is 5.92 Å². The van der Waals surface area contributed by atoms with E-state index < -0.39 is 11.6 Å². The van der Waals surface area contributed by atoms with Crippen LogP contribution in [-0.4, -0.2) is 45.1 Å². The summed E-state index contributed by atoms with van der Waals surface area (Å²) in [6.45, 7) is 11.3. The molecule has 1 fully saturated rings. The number of carbonyl (C=O) groups excluding carboxylic acids is 2. The Hall–Kier alpha value is -2.83. The van der Waals surface area contributed by atoms with Crippen molar-refractivity contribution in [3.05, 3.63) is 42.0 Å². The Morgan fingerprint density at radius 1 is 1.13 bits per heavy atom. The minimum absolute atomic E-state index is 0.00168. The Morgan fingerprint density at radius 3 is 2.39 bits per heavy atom. The van der Waals surface area contributed by atoms with Crippen LogP contribution in [0, 0.1) is 5.92 Å². The second-order valence-corrected chi connectivity index (χ2v) is 9.83. The van der Waals surface area contributed by atoms with Crippen LogP contribution in [0.4, 0.5) is 10.5 Å². The van der Waals surface area contributed by atoms with Crippen molar-refractivity contribution in [3.63, 3.8) is 0 Å². The Bertz CT molecular complexity index is 983. The fourth-order valence-electron chi connectivity index (χ4n) is 4.47. The van der Waals surface area contributed by atoms with Crippen molar-refractivity contribution in [2.45, 2.75) is 65.5 Å². The minimum atomic E-state index is -0.626. The van der Waals surface area contributed by atoms with Crippen molar-refractivity contribution >= 4 is 17.7 Å². The van der Waals surface area contributed by atoms with Gasteiger partial charge in [-0.05, 0) is 58.1 Å². The van der Waals surface area contributed by atoms with Crippen LogP contribution in [0.15, 0.2) is 30.6 Å². The summed E-state index contributed by atoms with van der Waals surface area (Å²) in [6, 6.07) is 7.54. The van der Waals surface area contributed by atoms with E-state index in [4.69, 9.17) is 4.74 Å². The molecule has 3 heterocycles. The summed E-state index contributed by atoms with van der Waals surface area (Å²) >= 11 is 0. The molecule has 0 aliphatic carbocycles. The van der Waals surface area contributed by atoms with E-state index in [1.807, 2.05) is 59.4 Å². The van der Waals surface area contributed by atoms with Gasteiger partial charge in [0.15, 0.2) is 5.69 Å². The maximum absolute atomic E-state index is 13.7. The summed E-state index contributed by atoms with van der Waals surface area (Å²) in [4.78, 5) is 35.0. The maximum Gasteiger partial charge on any atom is 0.359 e. The first-order chi connectivity index (χ1) is 14.7. The molecule has 1 unspecified atom stereocenters. The molecular formula is C24H32N4O3. The molecule has 1 saturated heterocycles. The molecule has 1 atom stereocenters. The lowest BCUT2D eigenvalue weighted by molar-refractivity contribution is 0.00610. The number of fused-ring (bicyclic) bond motifs is 3. The molecule has 7 nitrogen and oxygen atoms in total. The van der Waals surface area contributed by atoms with Crippen LogP contribution >= 0.6 is 0 Å². The monoisotopic (exact) mass is 424 g/mol. The lowest BCUT2D eigenvalue weighted by Crippen LogP contribution is -2.47. The Balaban J connectivity index is 1.86. The number of carbonyl (C=O) groups is 2. The number of imidazole rings is 1. The number of nitrogens with zero attached hydrogens (tertiary/aromatic N) is 4. The van der Waals surface area contributed by atoms with Gasteiger partial charge in [-0.25, -0.2) is 14.6 Å². The van der Waals surface area contributed by atoms with E-state index in [9.17, 15) is 9.59 Å². The maximum atomic E-state index is 13.7. The molecule has 2 aromatic rings. The molecule has 0 N–H and O–H groups in total. The fraction of sp³-hybridized carbons (Fsp3) is 0.542. The number of hydrogen-bond acceptors (Lipinski definition) is 4. The summed E-state index contributed by atoms with van der Waals surface area (Å²) in [5.74, 6) is -0.137. The highest BCUT2D eigenvalue weighted by atomic mass is 16.6. The standard InChI is InChI=1S/C24H32N4O3/c1-16(2)14-19-21-20(22(29)31-24(3,4)5)25-15-27(21)17-10-6-7-11-18(17)28(19)23(30)26-12-8-9-13-26/h6-7,10-11,15-16,19H,8-9,12-14H2,1-5H3. The number of hydrogen-bond donors (Lipinski definition) is 0. The molecule has 0 radical (unpaired) electrons. The van der Waals surface area contributed by atoms with Gasteiger partial charge >= 0.3 is 12.0 Å². The number of benzene rings is 1. The highest BCUT2D eigenvalue weighted by Crippen LogP contribution is 2.43. The van der Waals surface area contributed by atoms with E-state index in [0.717, 1.165) is 49.4 Å². The zero-order valence-corrected chi connectivity index (χ0v) is 19.1. The first kappa shape index (κ1) is 21.4. The summed E-state index contributed by atoms with van der Waals surface area (Å²) in [5.41, 5.74) is 2.10. The van der Waals surface area contributed by atoms with E-state index in [2.05, 4.69) is 18.8 Å². The number of urea groups is 1. The molecule has 2 amide bonds. The van der Waals surface area contributed by atoms with Gasteiger partial charge in [-0.3, -0.25) is 9.47 Å². The lowest BCUT2D eigenvalue weighted by atomic mass is 9.95. The number of para-hydroxylation sites is 2. The van der Waals surface area contributed by atoms with Crippen LogP contribution < -0.4 is 4.90 Å². The largest absolute Gasteiger partial charge is 0.455 e. The third-order valence-corrected chi connectivity index (χ3v) is 5.70. The predicted molar refractivity (Wildman–Crippen MR) is 120 cm³/mol. The zero-order valence-electron chi connectivity index (χ0n) is 19.1. The highest BCUT2D eigenvalue weighted by molar-refractivity contribution is 5.98. The molecule has 0 bridgehead atoms. The van der Waals surface area contributed by atoms with Crippen molar-refractivity contribution < 1.29 is 14.3 Å².